The molecule has 0 saturated carbocycles. The van der Waals surface area contributed by atoms with Gasteiger partial charge in [0, 0.05) is 19.2 Å². The van der Waals surface area contributed by atoms with Gasteiger partial charge in [0.25, 0.3) is 5.69 Å². The highest BCUT2D eigenvalue weighted by atomic mass is 35.5. The van der Waals surface area contributed by atoms with Crippen molar-refractivity contribution in [2.75, 3.05) is 31.6 Å². The molecule has 1 amide bonds. The molecule has 1 fully saturated rings. The summed E-state index contributed by atoms with van der Waals surface area (Å²) in [6, 6.07) is 4.09. The topological polar surface area (TPSA) is 66.7 Å². The van der Waals surface area contributed by atoms with Crippen LogP contribution in [-0.4, -0.2) is 42.4 Å². The molecule has 1 aromatic carbocycles. The number of halogens is 1. The van der Waals surface area contributed by atoms with Gasteiger partial charge in [0.15, 0.2) is 0 Å². The molecule has 0 atom stereocenters. The summed E-state index contributed by atoms with van der Waals surface area (Å²) in [6.07, 6.45) is 2.21. The van der Waals surface area contributed by atoms with Crippen molar-refractivity contribution in [2.45, 2.75) is 12.8 Å². The molecule has 1 aliphatic heterocycles. The Labute approximate surface area is 122 Å². The molecule has 0 unspecified atom stereocenters. The Kier molecular flexibility index (Phi) is 4.57. The SMILES string of the molecule is CN(C(=O)CN1CCCC1)c1cc([N+](=O)[O-])ccc1Cl. The molecule has 1 aliphatic rings. The maximum atomic E-state index is 12.2. The van der Waals surface area contributed by atoms with Crippen LogP contribution in [0.1, 0.15) is 12.8 Å². The van der Waals surface area contributed by atoms with Gasteiger partial charge in [0.05, 0.1) is 22.2 Å². The van der Waals surface area contributed by atoms with Gasteiger partial charge in [-0.3, -0.25) is 19.8 Å². The van der Waals surface area contributed by atoms with Gasteiger partial charge in [-0.1, -0.05) is 11.6 Å². The number of hydrogen-bond donors (Lipinski definition) is 0. The van der Waals surface area contributed by atoms with E-state index >= 15 is 0 Å². The van der Waals surface area contributed by atoms with Crippen molar-refractivity contribution in [3.63, 3.8) is 0 Å². The van der Waals surface area contributed by atoms with E-state index in [1.807, 2.05) is 0 Å². The fourth-order valence-corrected chi connectivity index (χ4v) is 2.49. The first-order valence-corrected chi connectivity index (χ1v) is 6.79. The summed E-state index contributed by atoms with van der Waals surface area (Å²) >= 11 is 6.03. The monoisotopic (exact) mass is 297 g/mol. The number of benzene rings is 1. The number of carbonyl (C=O) groups excluding carboxylic acids is 1. The predicted octanol–water partition coefficient (Wildman–Crippen LogP) is 2.31. The van der Waals surface area contributed by atoms with Crippen LogP contribution in [0.15, 0.2) is 18.2 Å². The molecule has 0 radical (unpaired) electrons. The molecule has 0 N–H and O–H groups in total. The molecule has 7 heteroatoms. The minimum atomic E-state index is -0.501. The number of likely N-dealkylation sites (N-methyl/N-ethyl adjacent to an activating group) is 1. The lowest BCUT2D eigenvalue weighted by Gasteiger charge is -2.22. The fraction of sp³-hybridized carbons (Fsp3) is 0.462. The summed E-state index contributed by atoms with van der Waals surface area (Å²) in [7, 11) is 1.59. The largest absolute Gasteiger partial charge is 0.313 e. The number of rotatable bonds is 4. The highest BCUT2D eigenvalue weighted by Crippen LogP contribution is 2.29. The Morgan fingerprint density at radius 3 is 2.70 bits per heavy atom. The standard InChI is InChI=1S/C13H16ClN3O3/c1-15(13(18)9-16-6-2-3-7-16)12-8-10(17(19)20)4-5-11(12)14/h4-5,8H,2-3,6-7,9H2,1H3. The van der Waals surface area contributed by atoms with Crippen LogP contribution in [0.5, 0.6) is 0 Å². The smallest absolute Gasteiger partial charge is 0.271 e. The van der Waals surface area contributed by atoms with Crippen LogP contribution in [0.25, 0.3) is 0 Å². The predicted molar refractivity (Wildman–Crippen MR) is 77.2 cm³/mol. The Balaban J connectivity index is 2.14. The number of carbonyl (C=O) groups is 1. The molecule has 0 spiro atoms. The van der Waals surface area contributed by atoms with Crippen LogP contribution in [-0.2, 0) is 4.79 Å². The van der Waals surface area contributed by atoms with Gasteiger partial charge in [-0.15, -0.1) is 0 Å². The first-order chi connectivity index (χ1) is 9.49. The number of anilines is 1. The molecular weight excluding hydrogens is 282 g/mol. The van der Waals surface area contributed by atoms with E-state index < -0.39 is 4.92 Å². The molecule has 20 heavy (non-hydrogen) atoms. The molecule has 1 saturated heterocycles. The van der Waals surface area contributed by atoms with E-state index in [9.17, 15) is 14.9 Å². The van der Waals surface area contributed by atoms with Gasteiger partial charge in [-0.05, 0) is 32.0 Å². The molecule has 108 valence electrons. The lowest BCUT2D eigenvalue weighted by Crippen LogP contribution is -2.37. The quantitative estimate of drug-likeness (QED) is 0.632. The number of nitro benzene ring substituents is 1. The van der Waals surface area contributed by atoms with Gasteiger partial charge in [0.1, 0.15) is 0 Å². The average Bonchev–Trinajstić information content (AvgIpc) is 2.91. The molecule has 6 nitrogen and oxygen atoms in total. The first kappa shape index (κ1) is 14.7. The van der Waals surface area contributed by atoms with E-state index in [1.54, 1.807) is 7.05 Å². The Morgan fingerprint density at radius 1 is 1.45 bits per heavy atom. The van der Waals surface area contributed by atoms with Crippen molar-refractivity contribution in [3.05, 3.63) is 33.3 Å². The summed E-state index contributed by atoms with van der Waals surface area (Å²) in [5.41, 5.74) is 0.287. The number of nitrogens with zero attached hydrogens (tertiary/aromatic N) is 3. The van der Waals surface area contributed by atoms with Crippen LogP contribution < -0.4 is 4.90 Å². The Hall–Kier alpha value is -1.66. The van der Waals surface area contributed by atoms with E-state index in [4.69, 9.17) is 11.6 Å². The molecule has 0 aromatic heterocycles. The van der Waals surface area contributed by atoms with Gasteiger partial charge in [-0.2, -0.15) is 0 Å². The van der Waals surface area contributed by atoms with Crippen molar-refractivity contribution >= 4 is 28.9 Å². The van der Waals surface area contributed by atoms with Crippen LogP contribution in [0, 0.1) is 10.1 Å². The second-order valence-corrected chi connectivity index (χ2v) is 5.24. The Morgan fingerprint density at radius 2 is 2.10 bits per heavy atom. The highest BCUT2D eigenvalue weighted by molar-refractivity contribution is 6.33. The summed E-state index contributed by atoms with van der Waals surface area (Å²) < 4.78 is 0. The van der Waals surface area contributed by atoms with E-state index in [2.05, 4.69) is 4.90 Å². The van der Waals surface area contributed by atoms with Gasteiger partial charge in [0.2, 0.25) is 5.91 Å². The number of amides is 1. The number of nitro groups is 1. The van der Waals surface area contributed by atoms with Gasteiger partial charge < -0.3 is 4.90 Å². The normalized spacial score (nSPS) is 15.3. The maximum absolute atomic E-state index is 12.2. The van der Waals surface area contributed by atoms with E-state index in [-0.39, 0.29) is 11.6 Å². The summed E-state index contributed by atoms with van der Waals surface area (Å²) in [4.78, 5) is 25.9. The van der Waals surface area contributed by atoms with Crippen LogP contribution in [0.3, 0.4) is 0 Å². The molecular formula is C13H16ClN3O3. The zero-order valence-electron chi connectivity index (χ0n) is 11.2. The van der Waals surface area contributed by atoms with Crippen molar-refractivity contribution in [1.29, 1.82) is 0 Å². The molecule has 0 bridgehead atoms. The summed E-state index contributed by atoms with van der Waals surface area (Å²) in [5.74, 6) is -0.116. The Bertz CT molecular complexity index is 530. The summed E-state index contributed by atoms with van der Waals surface area (Å²) in [5, 5.41) is 11.1. The fourth-order valence-electron chi connectivity index (χ4n) is 2.24. The maximum Gasteiger partial charge on any atom is 0.271 e. The summed E-state index contributed by atoms with van der Waals surface area (Å²) in [6.45, 7) is 2.15. The van der Waals surface area contributed by atoms with Crippen molar-refractivity contribution in [2.24, 2.45) is 0 Å². The lowest BCUT2D eigenvalue weighted by molar-refractivity contribution is -0.384. The third-order valence-corrected chi connectivity index (χ3v) is 3.75. The van der Waals surface area contributed by atoms with Crippen molar-refractivity contribution < 1.29 is 9.72 Å². The lowest BCUT2D eigenvalue weighted by atomic mass is 10.2. The second kappa shape index (κ2) is 6.19. The molecule has 0 aliphatic carbocycles. The first-order valence-electron chi connectivity index (χ1n) is 6.42. The van der Waals surface area contributed by atoms with Crippen LogP contribution >= 0.6 is 11.6 Å². The zero-order chi connectivity index (χ0) is 14.7. The van der Waals surface area contributed by atoms with Gasteiger partial charge >= 0.3 is 0 Å². The molecule has 2 rings (SSSR count). The number of likely N-dealkylation sites (tertiary alicyclic amines) is 1. The van der Waals surface area contributed by atoms with E-state index in [1.165, 1.54) is 23.1 Å². The van der Waals surface area contributed by atoms with E-state index in [0.29, 0.717) is 17.3 Å². The highest BCUT2D eigenvalue weighted by Gasteiger charge is 2.21. The van der Waals surface area contributed by atoms with Crippen molar-refractivity contribution in [3.8, 4) is 0 Å². The molecule has 1 aromatic rings. The average molecular weight is 298 g/mol. The third-order valence-electron chi connectivity index (χ3n) is 3.43. The van der Waals surface area contributed by atoms with Crippen LogP contribution in [0.4, 0.5) is 11.4 Å². The van der Waals surface area contributed by atoms with Crippen molar-refractivity contribution in [1.82, 2.24) is 4.90 Å². The molecule has 1 heterocycles. The van der Waals surface area contributed by atoms with Crippen LogP contribution in [0.2, 0.25) is 5.02 Å². The number of hydrogen-bond acceptors (Lipinski definition) is 4. The minimum Gasteiger partial charge on any atom is -0.313 e. The second-order valence-electron chi connectivity index (χ2n) is 4.83. The number of non-ortho nitro benzene ring substituents is 1. The zero-order valence-corrected chi connectivity index (χ0v) is 12.0. The minimum absolute atomic E-state index is 0.0785. The van der Waals surface area contributed by atoms with E-state index in [0.717, 1.165) is 25.9 Å². The van der Waals surface area contributed by atoms with Gasteiger partial charge in [-0.25, -0.2) is 0 Å². The third kappa shape index (κ3) is 3.26.